The largest absolute Gasteiger partial charge is 0.473 e. The molecule has 0 unspecified atom stereocenters. The first-order chi connectivity index (χ1) is 13.2. The van der Waals surface area contributed by atoms with Gasteiger partial charge in [-0.05, 0) is 30.3 Å². The molecule has 2 aromatic heterocycles. The molecule has 138 valence electrons. The highest BCUT2D eigenvalue weighted by Gasteiger charge is 2.18. The molecule has 3 heterocycles. The number of hydrogen-bond donors (Lipinski definition) is 1. The number of halogens is 1. The molecule has 3 aromatic rings. The van der Waals surface area contributed by atoms with Crippen LogP contribution in [0.3, 0.4) is 0 Å². The number of pyridine rings is 2. The Balaban J connectivity index is 1.51. The number of nitrogens with zero attached hydrogens (tertiary/aromatic N) is 2. The summed E-state index contributed by atoms with van der Waals surface area (Å²) >= 11 is 6.28. The van der Waals surface area contributed by atoms with Gasteiger partial charge in [0.2, 0.25) is 5.88 Å². The van der Waals surface area contributed by atoms with E-state index in [1.54, 1.807) is 12.3 Å². The molecule has 27 heavy (non-hydrogen) atoms. The lowest BCUT2D eigenvalue weighted by atomic mass is 10.1. The normalized spacial score (nSPS) is 14.9. The molecular formula is C20H18ClN3O3. The van der Waals surface area contributed by atoms with Gasteiger partial charge in [0, 0.05) is 30.6 Å². The smallest absolute Gasteiger partial charge is 0.257 e. The fourth-order valence-electron chi connectivity index (χ4n) is 2.99. The van der Waals surface area contributed by atoms with Gasteiger partial charge >= 0.3 is 0 Å². The number of carbonyl (C=O) groups is 1. The van der Waals surface area contributed by atoms with Gasteiger partial charge in [-0.1, -0.05) is 17.7 Å². The molecule has 0 radical (unpaired) electrons. The lowest BCUT2D eigenvalue weighted by Crippen LogP contribution is -2.26. The first-order valence-corrected chi connectivity index (χ1v) is 9.13. The number of ether oxygens (including phenoxy) is 2. The van der Waals surface area contributed by atoms with Gasteiger partial charge in [-0.25, -0.2) is 4.98 Å². The third kappa shape index (κ3) is 4.02. The summed E-state index contributed by atoms with van der Waals surface area (Å²) in [4.78, 5) is 21.1. The van der Waals surface area contributed by atoms with Crippen LogP contribution < -0.4 is 10.1 Å². The summed E-state index contributed by atoms with van der Waals surface area (Å²) in [5.74, 6) is 0.0489. The van der Waals surface area contributed by atoms with Crippen LogP contribution in [0.15, 0.2) is 48.8 Å². The zero-order valence-electron chi connectivity index (χ0n) is 14.5. The molecule has 0 spiro atoms. The molecule has 6 nitrogen and oxygen atoms in total. The monoisotopic (exact) mass is 383 g/mol. The fourth-order valence-corrected chi connectivity index (χ4v) is 3.21. The van der Waals surface area contributed by atoms with Crippen molar-refractivity contribution in [2.24, 2.45) is 0 Å². The summed E-state index contributed by atoms with van der Waals surface area (Å²) in [5.41, 5.74) is 1.86. The Morgan fingerprint density at radius 2 is 2.04 bits per heavy atom. The topological polar surface area (TPSA) is 73.3 Å². The Labute approximate surface area is 161 Å². The second kappa shape index (κ2) is 7.90. The molecule has 7 heteroatoms. The van der Waals surface area contributed by atoms with Crippen molar-refractivity contribution in [2.45, 2.75) is 18.9 Å². The molecule has 0 atom stereocenters. The molecule has 4 rings (SSSR count). The highest BCUT2D eigenvalue weighted by Crippen LogP contribution is 2.27. The van der Waals surface area contributed by atoms with E-state index in [1.165, 1.54) is 6.20 Å². The van der Waals surface area contributed by atoms with Gasteiger partial charge in [0.15, 0.2) is 0 Å². The average molecular weight is 384 g/mol. The van der Waals surface area contributed by atoms with E-state index >= 15 is 0 Å². The van der Waals surface area contributed by atoms with E-state index in [2.05, 4.69) is 15.3 Å². The number of benzene rings is 1. The summed E-state index contributed by atoms with van der Waals surface area (Å²) in [7, 11) is 0. The van der Waals surface area contributed by atoms with Crippen molar-refractivity contribution < 1.29 is 14.3 Å². The molecule has 1 aromatic carbocycles. The summed E-state index contributed by atoms with van der Waals surface area (Å²) in [6.07, 6.45) is 4.82. The van der Waals surface area contributed by atoms with Crippen LogP contribution >= 0.6 is 11.6 Å². The summed E-state index contributed by atoms with van der Waals surface area (Å²) in [6.45, 7) is 1.34. The number of fused-ring (bicyclic) bond motifs is 1. The van der Waals surface area contributed by atoms with E-state index in [0.717, 1.165) is 23.7 Å². The van der Waals surface area contributed by atoms with Gasteiger partial charge in [0.1, 0.15) is 11.1 Å². The maximum Gasteiger partial charge on any atom is 0.257 e. The molecule has 0 bridgehead atoms. The van der Waals surface area contributed by atoms with Gasteiger partial charge in [0.25, 0.3) is 5.91 Å². The molecule has 0 saturated carbocycles. The number of anilines is 1. The van der Waals surface area contributed by atoms with Gasteiger partial charge in [0.05, 0.1) is 30.0 Å². The van der Waals surface area contributed by atoms with Crippen LogP contribution in [0.25, 0.3) is 10.9 Å². The SMILES string of the molecule is O=C(Nc1cccc2ncccc12)c1cnc(OC2CCOCC2)c(Cl)c1. The molecule has 1 amide bonds. The Morgan fingerprint density at radius 3 is 2.85 bits per heavy atom. The third-order valence-electron chi connectivity index (χ3n) is 4.41. The molecule has 0 aliphatic carbocycles. The van der Waals surface area contributed by atoms with Crippen molar-refractivity contribution in [3.8, 4) is 5.88 Å². The van der Waals surface area contributed by atoms with Crippen LogP contribution in [0, 0.1) is 0 Å². The van der Waals surface area contributed by atoms with E-state index in [9.17, 15) is 4.79 Å². The molecule has 1 saturated heterocycles. The highest BCUT2D eigenvalue weighted by atomic mass is 35.5. The lowest BCUT2D eigenvalue weighted by molar-refractivity contribution is 0.0238. The second-order valence-corrected chi connectivity index (χ2v) is 6.68. The third-order valence-corrected chi connectivity index (χ3v) is 4.68. The molecule has 1 N–H and O–H groups in total. The Morgan fingerprint density at radius 1 is 1.19 bits per heavy atom. The summed E-state index contributed by atoms with van der Waals surface area (Å²) in [6, 6.07) is 10.9. The van der Waals surface area contributed by atoms with Crippen molar-refractivity contribution >= 4 is 34.1 Å². The van der Waals surface area contributed by atoms with Gasteiger partial charge in [-0.2, -0.15) is 0 Å². The zero-order valence-corrected chi connectivity index (χ0v) is 15.3. The van der Waals surface area contributed by atoms with Crippen molar-refractivity contribution in [1.29, 1.82) is 0 Å². The number of hydrogen-bond acceptors (Lipinski definition) is 5. The predicted octanol–water partition coefficient (Wildman–Crippen LogP) is 4.09. The van der Waals surface area contributed by atoms with Gasteiger partial charge < -0.3 is 14.8 Å². The number of rotatable bonds is 4. The predicted molar refractivity (Wildman–Crippen MR) is 103 cm³/mol. The van der Waals surface area contributed by atoms with E-state index in [0.29, 0.717) is 35.4 Å². The zero-order chi connectivity index (χ0) is 18.6. The number of nitrogens with one attached hydrogen (secondary N) is 1. The van der Waals surface area contributed by atoms with E-state index < -0.39 is 0 Å². The maximum atomic E-state index is 12.6. The van der Waals surface area contributed by atoms with Crippen molar-refractivity contribution in [2.75, 3.05) is 18.5 Å². The van der Waals surface area contributed by atoms with Crippen LogP contribution in [-0.2, 0) is 4.74 Å². The van der Waals surface area contributed by atoms with Crippen LogP contribution in [0.5, 0.6) is 5.88 Å². The fraction of sp³-hybridized carbons (Fsp3) is 0.250. The first kappa shape index (κ1) is 17.7. The van der Waals surface area contributed by atoms with E-state index in [4.69, 9.17) is 21.1 Å². The second-order valence-electron chi connectivity index (χ2n) is 6.27. The minimum Gasteiger partial charge on any atom is -0.473 e. The molecule has 1 fully saturated rings. The Bertz CT molecular complexity index is 968. The summed E-state index contributed by atoms with van der Waals surface area (Å²) in [5, 5.41) is 4.08. The lowest BCUT2D eigenvalue weighted by Gasteiger charge is -2.23. The van der Waals surface area contributed by atoms with Gasteiger partial charge in [-0.3, -0.25) is 9.78 Å². The number of amides is 1. The van der Waals surface area contributed by atoms with Crippen LogP contribution in [0.1, 0.15) is 23.2 Å². The highest BCUT2D eigenvalue weighted by molar-refractivity contribution is 6.32. The van der Waals surface area contributed by atoms with E-state index in [1.807, 2.05) is 30.3 Å². The average Bonchev–Trinajstić information content (AvgIpc) is 2.70. The minimum absolute atomic E-state index is 0.0339. The summed E-state index contributed by atoms with van der Waals surface area (Å²) < 4.78 is 11.1. The van der Waals surface area contributed by atoms with E-state index in [-0.39, 0.29) is 12.0 Å². The maximum absolute atomic E-state index is 12.6. The standard InChI is InChI=1S/C20H18ClN3O3/c21-16-11-13(12-23-20(16)27-14-6-9-26-10-7-14)19(25)24-18-5-1-4-17-15(18)3-2-8-22-17/h1-5,8,11-12,14H,6-7,9-10H2,(H,24,25). The first-order valence-electron chi connectivity index (χ1n) is 8.76. The van der Waals surface area contributed by atoms with Crippen molar-refractivity contribution in [3.63, 3.8) is 0 Å². The quantitative estimate of drug-likeness (QED) is 0.734. The Hall–Kier alpha value is -2.70. The van der Waals surface area contributed by atoms with Crippen LogP contribution in [0.2, 0.25) is 5.02 Å². The number of carbonyl (C=O) groups excluding carboxylic acids is 1. The molecule has 1 aliphatic heterocycles. The molecular weight excluding hydrogens is 366 g/mol. The van der Waals surface area contributed by atoms with Crippen molar-refractivity contribution in [1.82, 2.24) is 9.97 Å². The number of aromatic nitrogens is 2. The van der Waals surface area contributed by atoms with Gasteiger partial charge in [-0.15, -0.1) is 0 Å². The minimum atomic E-state index is -0.293. The van der Waals surface area contributed by atoms with Crippen LogP contribution in [0.4, 0.5) is 5.69 Å². The van der Waals surface area contributed by atoms with Crippen LogP contribution in [-0.4, -0.2) is 35.2 Å². The Kier molecular flexibility index (Phi) is 5.18. The molecule has 1 aliphatic rings. The van der Waals surface area contributed by atoms with Crippen molar-refractivity contribution in [3.05, 3.63) is 59.4 Å².